The summed E-state index contributed by atoms with van der Waals surface area (Å²) in [6.07, 6.45) is 9.03. The van der Waals surface area contributed by atoms with Crippen LogP contribution in [0.2, 0.25) is 0 Å². The van der Waals surface area contributed by atoms with E-state index in [0.29, 0.717) is 6.04 Å². The average Bonchev–Trinajstić information content (AvgIpc) is 3.80. The highest BCUT2D eigenvalue weighted by atomic mass is 16.2. The van der Waals surface area contributed by atoms with Gasteiger partial charge in [-0.1, -0.05) is 30.4 Å². The lowest BCUT2D eigenvalue weighted by molar-refractivity contribution is -0.136. The quantitative estimate of drug-likeness (QED) is 0.287. The predicted octanol–water partition coefficient (Wildman–Crippen LogP) is 4.57. The molecular weight excluding hydrogens is 498 g/mol. The number of imidazole rings is 2. The second-order valence-electron chi connectivity index (χ2n) is 11.4. The first-order valence-electron chi connectivity index (χ1n) is 14.6. The van der Waals surface area contributed by atoms with Gasteiger partial charge in [-0.15, -0.1) is 0 Å². The number of H-pyrrole nitrogens is 2. The number of nitrogens with two attached hydrogens (primary N) is 1. The van der Waals surface area contributed by atoms with Crippen LogP contribution < -0.4 is 11.1 Å². The largest absolute Gasteiger partial charge is 0.341 e. The fourth-order valence-corrected chi connectivity index (χ4v) is 6.54. The Labute approximate surface area is 234 Å². The molecule has 5 N–H and O–H groups in total. The first-order valence-corrected chi connectivity index (χ1v) is 14.6. The van der Waals surface area contributed by atoms with Gasteiger partial charge in [0.2, 0.25) is 5.91 Å². The fraction of sp³-hybridized carbons (Fsp3) is 0.406. The van der Waals surface area contributed by atoms with E-state index in [1.54, 1.807) is 0 Å². The predicted molar refractivity (Wildman–Crippen MR) is 155 cm³/mol. The Bertz CT molecular complexity index is 1580. The number of hydrogen-bond donors (Lipinski definition) is 4. The van der Waals surface area contributed by atoms with E-state index in [0.717, 1.165) is 96.7 Å². The van der Waals surface area contributed by atoms with E-state index >= 15 is 0 Å². The summed E-state index contributed by atoms with van der Waals surface area (Å²) >= 11 is 0. The maximum absolute atomic E-state index is 13.3. The van der Waals surface area contributed by atoms with E-state index in [-0.39, 0.29) is 23.9 Å². The van der Waals surface area contributed by atoms with Gasteiger partial charge >= 0.3 is 0 Å². The SMILES string of the molecule is N[C@H]1CCC[C@@H]1C(=O)N1CCC[C@H]1c1nc2ccc(C#Cc3ccc(-c4cnc([C@@H]5CCCN5)[nH]4)cc3)cc2[nH]1. The molecule has 0 spiro atoms. The van der Waals surface area contributed by atoms with E-state index in [4.69, 9.17) is 10.7 Å². The van der Waals surface area contributed by atoms with Crippen LogP contribution in [0.15, 0.2) is 48.7 Å². The maximum atomic E-state index is 13.3. The van der Waals surface area contributed by atoms with Gasteiger partial charge in [-0.2, -0.15) is 0 Å². The van der Waals surface area contributed by atoms with Gasteiger partial charge in [-0.3, -0.25) is 4.79 Å². The Hall–Kier alpha value is -3.93. The van der Waals surface area contributed by atoms with Gasteiger partial charge in [-0.05, 0) is 81.0 Å². The molecule has 204 valence electrons. The van der Waals surface area contributed by atoms with Crippen LogP contribution in [0.1, 0.15) is 79.8 Å². The molecule has 1 aliphatic carbocycles. The van der Waals surface area contributed by atoms with Crippen molar-refractivity contribution in [2.24, 2.45) is 11.7 Å². The lowest BCUT2D eigenvalue weighted by Crippen LogP contribution is -2.41. The number of benzene rings is 2. The molecule has 0 bridgehead atoms. The Morgan fingerprint density at radius 2 is 1.77 bits per heavy atom. The minimum Gasteiger partial charge on any atom is -0.341 e. The lowest BCUT2D eigenvalue weighted by atomic mass is 10.0. The molecule has 4 heterocycles. The first kappa shape index (κ1) is 25.1. The molecule has 1 saturated carbocycles. The molecule has 2 saturated heterocycles. The molecule has 3 fully saturated rings. The van der Waals surface area contributed by atoms with Crippen molar-refractivity contribution in [1.29, 1.82) is 0 Å². The van der Waals surface area contributed by atoms with Crippen LogP contribution in [0.25, 0.3) is 22.3 Å². The zero-order valence-electron chi connectivity index (χ0n) is 22.6. The van der Waals surface area contributed by atoms with Crippen LogP contribution >= 0.6 is 0 Å². The first-order chi connectivity index (χ1) is 19.6. The van der Waals surface area contributed by atoms with Gasteiger partial charge < -0.3 is 25.9 Å². The van der Waals surface area contributed by atoms with Crippen LogP contribution in [0.4, 0.5) is 0 Å². The monoisotopic (exact) mass is 533 g/mol. The lowest BCUT2D eigenvalue weighted by Gasteiger charge is -2.27. The van der Waals surface area contributed by atoms with Crippen molar-refractivity contribution in [2.45, 2.75) is 63.1 Å². The maximum Gasteiger partial charge on any atom is 0.227 e. The summed E-state index contributed by atoms with van der Waals surface area (Å²) in [5, 5.41) is 3.49. The highest BCUT2D eigenvalue weighted by Gasteiger charge is 2.39. The smallest absolute Gasteiger partial charge is 0.227 e. The minimum atomic E-state index is -0.0490. The molecule has 4 aromatic rings. The minimum absolute atomic E-state index is 0.0128. The summed E-state index contributed by atoms with van der Waals surface area (Å²) in [7, 11) is 0. The Morgan fingerprint density at radius 1 is 0.925 bits per heavy atom. The van der Waals surface area contributed by atoms with Gasteiger partial charge in [-0.25, -0.2) is 9.97 Å². The van der Waals surface area contributed by atoms with E-state index < -0.39 is 0 Å². The molecule has 8 nitrogen and oxygen atoms in total. The molecule has 3 aliphatic rings. The summed E-state index contributed by atoms with van der Waals surface area (Å²) in [6, 6.07) is 14.6. The zero-order chi connectivity index (χ0) is 27.1. The molecule has 2 aromatic carbocycles. The second kappa shape index (κ2) is 10.6. The van der Waals surface area contributed by atoms with Crippen molar-refractivity contribution in [3.8, 4) is 23.1 Å². The molecule has 1 amide bonds. The van der Waals surface area contributed by atoms with E-state index in [9.17, 15) is 4.79 Å². The van der Waals surface area contributed by atoms with Crippen molar-refractivity contribution in [3.63, 3.8) is 0 Å². The fourth-order valence-electron chi connectivity index (χ4n) is 6.54. The molecule has 2 aliphatic heterocycles. The molecule has 8 heteroatoms. The van der Waals surface area contributed by atoms with Gasteiger partial charge in [0, 0.05) is 23.7 Å². The topological polar surface area (TPSA) is 116 Å². The van der Waals surface area contributed by atoms with Crippen LogP contribution in [0.3, 0.4) is 0 Å². The highest BCUT2D eigenvalue weighted by molar-refractivity contribution is 5.81. The van der Waals surface area contributed by atoms with Crippen LogP contribution in [-0.2, 0) is 4.79 Å². The second-order valence-corrected chi connectivity index (χ2v) is 11.4. The number of nitrogens with one attached hydrogen (secondary N) is 3. The number of rotatable bonds is 4. The summed E-state index contributed by atoms with van der Waals surface area (Å²) in [5.74, 6) is 8.61. The Balaban J connectivity index is 1.06. The summed E-state index contributed by atoms with van der Waals surface area (Å²) < 4.78 is 0. The molecule has 0 radical (unpaired) electrons. The normalized spacial score (nSPS) is 24.5. The van der Waals surface area contributed by atoms with E-state index in [1.807, 2.05) is 41.4 Å². The molecular formula is C32H35N7O. The highest BCUT2D eigenvalue weighted by Crippen LogP contribution is 2.36. The Kier molecular flexibility index (Phi) is 6.62. The van der Waals surface area contributed by atoms with Crippen molar-refractivity contribution in [1.82, 2.24) is 30.2 Å². The number of hydrogen-bond acceptors (Lipinski definition) is 5. The van der Waals surface area contributed by atoms with Crippen molar-refractivity contribution in [2.75, 3.05) is 13.1 Å². The molecule has 4 atom stereocenters. The van der Waals surface area contributed by atoms with E-state index in [2.05, 4.69) is 44.2 Å². The summed E-state index contributed by atoms with van der Waals surface area (Å²) in [4.78, 5) is 31.7. The third kappa shape index (κ3) is 4.80. The number of fused-ring (bicyclic) bond motifs is 1. The van der Waals surface area contributed by atoms with Crippen LogP contribution in [-0.4, -0.2) is 49.9 Å². The summed E-state index contributed by atoms with van der Waals surface area (Å²) in [6.45, 7) is 1.83. The zero-order valence-corrected chi connectivity index (χ0v) is 22.6. The average molecular weight is 534 g/mol. The van der Waals surface area contributed by atoms with Crippen LogP contribution in [0.5, 0.6) is 0 Å². The number of carbonyl (C=O) groups excluding carboxylic acids is 1. The number of nitrogens with zero attached hydrogens (tertiary/aromatic N) is 3. The van der Waals surface area contributed by atoms with E-state index in [1.165, 1.54) is 6.42 Å². The van der Waals surface area contributed by atoms with Crippen molar-refractivity contribution in [3.05, 3.63) is 71.4 Å². The molecule has 0 unspecified atom stereocenters. The number of aromatic nitrogens is 4. The van der Waals surface area contributed by atoms with Gasteiger partial charge in [0.25, 0.3) is 0 Å². The molecule has 7 rings (SSSR count). The van der Waals surface area contributed by atoms with Gasteiger partial charge in [0.05, 0.1) is 40.9 Å². The third-order valence-electron chi connectivity index (χ3n) is 8.77. The van der Waals surface area contributed by atoms with Gasteiger partial charge in [0.15, 0.2) is 0 Å². The third-order valence-corrected chi connectivity index (χ3v) is 8.77. The van der Waals surface area contributed by atoms with Crippen molar-refractivity contribution >= 4 is 16.9 Å². The number of likely N-dealkylation sites (tertiary alicyclic amines) is 1. The van der Waals surface area contributed by atoms with Gasteiger partial charge in [0.1, 0.15) is 11.6 Å². The number of aromatic amines is 2. The standard InChI is InChI=1S/C32H35N7O/c33-24-5-1-4-23(24)32(40)39-17-3-7-29(39)31-36-25-15-12-21(18-27(25)37-31)9-8-20-10-13-22(14-11-20)28-19-35-30(38-28)26-6-2-16-34-26/h10-15,18-19,23-24,26,29,34H,1-7,16-17,33H2,(H,35,38)(H,36,37)/t23-,24-,26-,29-/m0/s1. The molecule has 40 heavy (non-hydrogen) atoms. The summed E-state index contributed by atoms with van der Waals surface area (Å²) in [5.41, 5.74) is 12.1. The van der Waals surface area contributed by atoms with Crippen LogP contribution in [0, 0.1) is 17.8 Å². The number of amides is 1. The Morgan fingerprint density at radius 3 is 2.58 bits per heavy atom. The molecule has 2 aromatic heterocycles. The number of carbonyl (C=O) groups is 1. The van der Waals surface area contributed by atoms with Crippen molar-refractivity contribution < 1.29 is 4.79 Å².